The topological polar surface area (TPSA) is 82.8 Å². The van der Waals surface area contributed by atoms with E-state index in [0.29, 0.717) is 12.3 Å². The van der Waals surface area contributed by atoms with Crippen molar-refractivity contribution in [3.63, 3.8) is 0 Å². The average Bonchev–Trinajstić information content (AvgIpc) is 2.60. The molecule has 6 heteroatoms. The number of carboxylic acid groups (broad SMARTS) is 1. The summed E-state index contributed by atoms with van der Waals surface area (Å²) in [6, 6.07) is 1.48. The fraction of sp³-hybridized carbons (Fsp3) is 0.455. The number of carbonyl (C=O) groups is 2. The van der Waals surface area contributed by atoms with Gasteiger partial charge in [-0.15, -0.1) is 0 Å². The molecular formula is C11H16N2O4. The molecule has 1 aromatic heterocycles. The van der Waals surface area contributed by atoms with Gasteiger partial charge in [0.1, 0.15) is 5.76 Å². The number of carbonyl (C=O) groups excluding carboxylic acids is 1. The minimum atomic E-state index is -1.09. The molecule has 0 fully saturated rings. The van der Waals surface area contributed by atoms with E-state index in [9.17, 15) is 9.59 Å². The van der Waals surface area contributed by atoms with Crippen LogP contribution in [0, 0.1) is 6.92 Å². The normalized spacial score (nSPS) is 10.6. The number of rotatable bonds is 5. The second kappa shape index (κ2) is 5.49. The highest BCUT2D eigenvalue weighted by molar-refractivity contribution is 5.84. The summed E-state index contributed by atoms with van der Waals surface area (Å²) < 4.78 is 5.08. The van der Waals surface area contributed by atoms with Crippen molar-refractivity contribution in [2.75, 3.05) is 20.6 Å². The first-order valence-electron chi connectivity index (χ1n) is 5.15. The molecule has 0 atom stereocenters. The van der Waals surface area contributed by atoms with E-state index in [4.69, 9.17) is 9.52 Å². The third-order valence-electron chi connectivity index (χ3n) is 2.36. The zero-order valence-electron chi connectivity index (χ0n) is 10.1. The summed E-state index contributed by atoms with van der Waals surface area (Å²) in [4.78, 5) is 23.6. The van der Waals surface area contributed by atoms with Crippen LogP contribution >= 0.6 is 0 Å². The number of hydrogen-bond donors (Lipinski definition) is 2. The molecule has 0 aliphatic carbocycles. The number of aryl methyl sites for hydroxylation is 1. The summed E-state index contributed by atoms with van der Waals surface area (Å²) in [5.41, 5.74) is 0.772. The second-order valence-electron chi connectivity index (χ2n) is 3.84. The van der Waals surface area contributed by atoms with Crippen molar-refractivity contribution in [3.05, 3.63) is 23.2 Å². The first-order valence-corrected chi connectivity index (χ1v) is 5.15. The van der Waals surface area contributed by atoms with Crippen molar-refractivity contribution in [2.45, 2.75) is 13.5 Å². The molecule has 0 bridgehead atoms. The Morgan fingerprint density at radius 2 is 2.18 bits per heavy atom. The Hall–Kier alpha value is -1.82. The highest BCUT2D eigenvalue weighted by Gasteiger charge is 2.15. The quantitative estimate of drug-likeness (QED) is 0.781. The summed E-state index contributed by atoms with van der Waals surface area (Å²) in [5.74, 6) is -0.697. The fourth-order valence-electron chi connectivity index (χ4n) is 1.45. The molecule has 1 amide bonds. The molecule has 0 spiro atoms. The maximum atomic E-state index is 11.1. The van der Waals surface area contributed by atoms with E-state index in [-0.39, 0.29) is 18.2 Å². The maximum Gasteiger partial charge on any atom is 0.371 e. The Morgan fingerprint density at radius 3 is 2.65 bits per heavy atom. The molecule has 0 radical (unpaired) electrons. The Bertz CT molecular complexity index is 425. The van der Waals surface area contributed by atoms with Gasteiger partial charge in [-0.3, -0.25) is 9.69 Å². The lowest BCUT2D eigenvalue weighted by Gasteiger charge is -2.14. The van der Waals surface area contributed by atoms with Gasteiger partial charge in [-0.25, -0.2) is 4.79 Å². The van der Waals surface area contributed by atoms with E-state index in [1.165, 1.54) is 6.07 Å². The van der Waals surface area contributed by atoms with Gasteiger partial charge in [-0.2, -0.15) is 0 Å². The van der Waals surface area contributed by atoms with Gasteiger partial charge in [0.2, 0.25) is 11.7 Å². The zero-order valence-corrected chi connectivity index (χ0v) is 10.1. The second-order valence-corrected chi connectivity index (χ2v) is 3.84. The van der Waals surface area contributed by atoms with Crippen LogP contribution in [0.1, 0.15) is 21.9 Å². The van der Waals surface area contributed by atoms with Gasteiger partial charge >= 0.3 is 5.97 Å². The number of likely N-dealkylation sites (N-methyl/N-ethyl adjacent to an activating group) is 2. The van der Waals surface area contributed by atoms with E-state index in [0.717, 1.165) is 5.56 Å². The van der Waals surface area contributed by atoms with Gasteiger partial charge in [0.15, 0.2) is 0 Å². The van der Waals surface area contributed by atoms with Gasteiger partial charge < -0.3 is 14.8 Å². The van der Waals surface area contributed by atoms with E-state index in [1.54, 1.807) is 25.9 Å². The van der Waals surface area contributed by atoms with Gasteiger partial charge in [-0.1, -0.05) is 0 Å². The summed E-state index contributed by atoms with van der Waals surface area (Å²) in [6.45, 7) is 2.43. The predicted octanol–water partition coefficient (Wildman–Crippen LogP) is 0.464. The number of furan rings is 1. The van der Waals surface area contributed by atoms with Crippen LogP contribution in [0.25, 0.3) is 0 Å². The SMILES string of the molecule is CNC(=O)CN(C)Cc1cc(C(=O)O)oc1C. The zero-order chi connectivity index (χ0) is 13.0. The van der Waals surface area contributed by atoms with Crippen LogP contribution in [0.2, 0.25) is 0 Å². The predicted molar refractivity (Wildman–Crippen MR) is 60.8 cm³/mol. The summed E-state index contributed by atoms with van der Waals surface area (Å²) in [5, 5.41) is 11.3. The molecular weight excluding hydrogens is 224 g/mol. The van der Waals surface area contributed by atoms with Crippen LogP contribution in [0.5, 0.6) is 0 Å². The van der Waals surface area contributed by atoms with E-state index >= 15 is 0 Å². The Labute approximate surface area is 99.2 Å². The first-order chi connectivity index (χ1) is 7.93. The first kappa shape index (κ1) is 13.2. The molecule has 0 saturated carbocycles. The van der Waals surface area contributed by atoms with Crippen molar-refractivity contribution >= 4 is 11.9 Å². The summed E-state index contributed by atoms with van der Waals surface area (Å²) in [6.07, 6.45) is 0. The monoisotopic (exact) mass is 240 g/mol. The highest BCUT2D eigenvalue weighted by atomic mass is 16.4. The van der Waals surface area contributed by atoms with Crippen molar-refractivity contribution < 1.29 is 19.1 Å². The van der Waals surface area contributed by atoms with Gasteiger partial charge in [0, 0.05) is 19.2 Å². The number of amides is 1. The molecule has 2 N–H and O–H groups in total. The minimum Gasteiger partial charge on any atom is -0.475 e. The molecule has 6 nitrogen and oxygen atoms in total. The number of hydrogen-bond acceptors (Lipinski definition) is 4. The van der Waals surface area contributed by atoms with Crippen molar-refractivity contribution in [2.24, 2.45) is 0 Å². The van der Waals surface area contributed by atoms with Gasteiger partial charge in [0.05, 0.1) is 6.54 Å². The van der Waals surface area contributed by atoms with Crippen LogP contribution in [0.4, 0.5) is 0 Å². The van der Waals surface area contributed by atoms with Crippen molar-refractivity contribution in [1.29, 1.82) is 0 Å². The standard InChI is InChI=1S/C11H16N2O4/c1-7-8(4-9(17-7)11(15)16)5-13(3)6-10(14)12-2/h4H,5-6H2,1-3H3,(H,12,14)(H,15,16). The third kappa shape index (κ3) is 3.60. The molecule has 0 unspecified atom stereocenters. The molecule has 0 aromatic carbocycles. The highest BCUT2D eigenvalue weighted by Crippen LogP contribution is 2.16. The van der Waals surface area contributed by atoms with Gasteiger partial charge in [0.25, 0.3) is 0 Å². The molecule has 0 aliphatic heterocycles. The number of nitrogens with zero attached hydrogens (tertiary/aromatic N) is 1. The van der Waals surface area contributed by atoms with E-state index in [1.807, 2.05) is 0 Å². The Balaban J connectivity index is 2.68. The lowest BCUT2D eigenvalue weighted by atomic mass is 10.2. The molecule has 1 rings (SSSR count). The average molecular weight is 240 g/mol. The molecule has 0 aliphatic rings. The van der Waals surface area contributed by atoms with Crippen LogP contribution in [0.3, 0.4) is 0 Å². The third-order valence-corrected chi connectivity index (χ3v) is 2.36. The summed E-state index contributed by atoms with van der Waals surface area (Å²) >= 11 is 0. The largest absolute Gasteiger partial charge is 0.475 e. The number of nitrogens with one attached hydrogen (secondary N) is 1. The number of aromatic carboxylic acids is 1. The van der Waals surface area contributed by atoms with Crippen LogP contribution in [-0.2, 0) is 11.3 Å². The lowest BCUT2D eigenvalue weighted by molar-refractivity contribution is -0.121. The Morgan fingerprint density at radius 1 is 1.53 bits per heavy atom. The van der Waals surface area contributed by atoms with Crippen LogP contribution in [0.15, 0.2) is 10.5 Å². The molecule has 17 heavy (non-hydrogen) atoms. The molecule has 1 aromatic rings. The Kier molecular flexibility index (Phi) is 4.28. The molecule has 0 saturated heterocycles. The lowest BCUT2D eigenvalue weighted by Crippen LogP contribution is -2.32. The summed E-state index contributed by atoms with van der Waals surface area (Å²) in [7, 11) is 3.35. The van der Waals surface area contributed by atoms with E-state index < -0.39 is 5.97 Å². The van der Waals surface area contributed by atoms with Crippen molar-refractivity contribution in [1.82, 2.24) is 10.2 Å². The van der Waals surface area contributed by atoms with E-state index in [2.05, 4.69) is 5.32 Å². The number of carboxylic acids is 1. The van der Waals surface area contributed by atoms with Crippen LogP contribution in [-0.4, -0.2) is 42.5 Å². The van der Waals surface area contributed by atoms with Crippen LogP contribution < -0.4 is 5.32 Å². The molecule has 1 heterocycles. The maximum absolute atomic E-state index is 11.1. The molecule has 94 valence electrons. The van der Waals surface area contributed by atoms with Gasteiger partial charge in [-0.05, 0) is 20.0 Å². The van der Waals surface area contributed by atoms with Crippen molar-refractivity contribution in [3.8, 4) is 0 Å². The smallest absolute Gasteiger partial charge is 0.371 e. The minimum absolute atomic E-state index is 0.0779. The fourth-order valence-corrected chi connectivity index (χ4v) is 1.45.